The van der Waals surface area contributed by atoms with E-state index in [1.54, 1.807) is 0 Å². The van der Waals surface area contributed by atoms with Crippen LogP contribution in [0, 0.1) is 0 Å². The maximum Gasteiger partial charge on any atom is 0.207 e. The molecule has 0 spiro atoms. The summed E-state index contributed by atoms with van der Waals surface area (Å²) in [4.78, 5) is 12.5. The number of nitrogens with zero attached hydrogens (tertiary/aromatic N) is 1. The fourth-order valence-electron chi connectivity index (χ4n) is 1.67. The number of rotatable bonds is 6. The van der Waals surface area contributed by atoms with Gasteiger partial charge in [-0.3, -0.25) is 9.69 Å². The van der Waals surface area contributed by atoms with Crippen molar-refractivity contribution in [2.45, 2.75) is 25.9 Å². The Kier molecular flexibility index (Phi) is 5.56. The molecule has 82 valence electrons. The van der Waals surface area contributed by atoms with E-state index in [2.05, 4.69) is 17.1 Å². The zero-order valence-electron chi connectivity index (χ0n) is 8.87. The molecule has 1 saturated heterocycles. The Bertz CT molecular complexity index is 164. The summed E-state index contributed by atoms with van der Waals surface area (Å²) in [6.45, 7) is 6.74. The third-order valence-corrected chi connectivity index (χ3v) is 2.48. The maximum absolute atomic E-state index is 10.1. The highest BCUT2D eigenvalue weighted by atomic mass is 16.5. The minimum absolute atomic E-state index is 0.172. The van der Waals surface area contributed by atoms with Crippen LogP contribution in [0.5, 0.6) is 0 Å². The first-order chi connectivity index (χ1) is 6.86. The molecule has 1 unspecified atom stereocenters. The van der Waals surface area contributed by atoms with Crippen molar-refractivity contribution in [1.29, 1.82) is 0 Å². The van der Waals surface area contributed by atoms with Gasteiger partial charge >= 0.3 is 0 Å². The first-order valence-electron chi connectivity index (χ1n) is 5.37. The number of ether oxygens (including phenoxy) is 1. The Morgan fingerprint density at radius 3 is 3.21 bits per heavy atom. The van der Waals surface area contributed by atoms with Crippen molar-refractivity contribution < 1.29 is 9.53 Å². The zero-order valence-corrected chi connectivity index (χ0v) is 8.87. The number of hydrogen-bond acceptors (Lipinski definition) is 3. The SMILES string of the molecule is CCCCN1CCOC(CNC=O)C1. The summed E-state index contributed by atoms with van der Waals surface area (Å²) in [6, 6.07) is 0. The van der Waals surface area contributed by atoms with E-state index in [0.717, 1.165) is 32.7 Å². The molecule has 0 bridgehead atoms. The molecule has 14 heavy (non-hydrogen) atoms. The van der Waals surface area contributed by atoms with Crippen LogP contribution in [0.3, 0.4) is 0 Å². The second-order valence-corrected chi connectivity index (χ2v) is 3.67. The molecule has 0 radical (unpaired) electrons. The third-order valence-electron chi connectivity index (χ3n) is 2.48. The van der Waals surface area contributed by atoms with Crippen LogP contribution in [0.1, 0.15) is 19.8 Å². The Labute approximate surface area is 85.6 Å². The van der Waals surface area contributed by atoms with Gasteiger partial charge < -0.3 is 10.1 Å². The molecule has 0 aromatic rings. The molecular formula is C10H20N2O2. The molecule has 1 atom stereocenters. The number of nitrogens with one attached hydrogen (secondary N) is 1. The van der Waals surface area contributed by atoms with Gasteiger partial charge in [0.1, 0.15) is 0 Å². The van der Waals surface area contributed by atoms with Crippen LogP contribution in [-0.2, 0) is 9.53 Å². The van der Waals surface area contributed by atoms with E-state index in [9.17, 15) is 4.79 Å². The van der Waals surface area contributed by atoms with Crippen LogP contribution >= 0.6 is 0 Å². The summed E-state index contributed by atoms with van der Waals surface area (Å²) < 4.78 is 5.53. The van der Waals surface area contributed by atoms with Crippen LogP contribution in [0.25, 0.3) is 0 Å². The van der Waals surface area contributed by atoms with Crippen molar-refractivity contribution in [3.63, 3.8) is 0 Å². The van der Waals surface area contributed by atoms with Crippen molar-refractivity contribution in [3.05, 3.63) is 0 Å². The number of carbonyl (C=O) groups is 1. The number of hydrogen-bond donors (Lipinski definition) is 1. The largest absolute Gasteiger partial charge is 0.374 e. The lowest BCUT2D eigenvalue weighted by Gasteiger charge is -2.32. The molecule has 1 fully saturated rings. The lowest BCUT2D eigenvalue weighted by molar-refractivity contribution is -0.110. The molecule has 0 saturated carbocycles. The standard InChI is InChI=1S/C10H20N2O2/c1-2-3-4-12-5-6-14-10(8-12)7-11-9-13/h9-10H,2-8H2,1H3,(H,11,13). The normalized spacial score (nSPS) is 23.4. The van der Waals surface area contributed by atoms with Crippen LogP contribution in [-0.4, -0.2) is 50.2 Å². The Hall–Kier alpha value is -0.610. The van der Waals surface area contributed by atoms with Gasteiger partial charge in [-0.15, -0.1) is 0 Å². The van der Waals surface area contributed by atoms with Gasteiger partial charge in [-0.2, -0.15) is 0 Å². The first kappa shape index (κ1) is 11.5. The molecule has 1 rings (SSSR count). The van der Waals surface area contributed by atoms with E-state index in [1.807, 2.05) is 0 Å². The zero-order chi connectivity index (χ0) is 10.2. The maximum atomic E-state index is 10.1. The number of unbranched alkanes of at least 4 members (excludes halogenated alkanes) is 1. The summed E-state index contributed by atoms with van der Waals surface area (Å²) in [5.41, 5.74) is 0. The van der Waals surface area contributed by atoms with E-state index < -0.39 is 0 Å². The highest BCUT2D eigenvalue weighted by Gasteiger charge is 2.19. The van der Waals surface area contributed by atoms with Gasteiger partial charge in [0, 0.05) is 19.6 Å². The summed E-state index contributed by atoms with van der Waals surface area (Å²) in [7, 11) is 0. The predicted octanol–water partition coefficient (Wildman–Crippen LogP) is 0.233. The van der Waals surface area contributed by atoms with Crippen LogP contribution in [0.15, 0.2) is 0 Å². The molecule has 1 aliphatic heterocycles. The lowest BCUT2D eigenvalue weighted by atomic mass is 10.2. The molecule has 1 N–H and O–H groups in total. The fourth-order valence-corrected chi connectivity index (χ4v) is 1.67. The van der Waals surface area contributed by atoms with E-state index in [-0.39, 0.29) is 6.10 Å². The van der Waals surface area contributed by atoms with Gasteiger partial charge in [0.05, 0.1) is 12.7 Å². The molecule has 1 aliphatic rings. The lowest BCUT2D eigenvalue weighted by Crippen LogP contribution is -2.46. The van der Waals surface area contributed by atoms with Crippen LogP contribution in [0.2, 0.25) is 0 Å². The minimum Gasteiger partial charge on any atom is -0.374 e. The molecule has 0 aromatic heterocycles. The number of amides is 1. The van der Waals surface area contributed by atoms with Gasteiger partial charge in [0.25, 0.3) is 0 Å². The Balaban J connectivity index is 2.17. The smallest absolute Gasteiger partial charge is 0.207 e. The van der Waals surface area contributed by atoms with Crippen molar-refractivity contribution in [2.24, 2.45) is 0 Å². The molecule has 0 aromatic carbocycles. The fraction of sp³-hybridized carbons (Fsp3) is 0.900. The summed E-state index contributed by atoms with van der Waals surface area (Å²) in [5.74, 6) is 0. The van der Waals surface area contributed by atoms with Gasteiger partial charge in [-0.05, 0) is 13.0 Å². The quantitative estimate of drug-likeness (QED) is 0.624. The predicted molar refractivity (Wildman–Crippen MR) is 55.2 cm³/mol. The van der Waals surface area contributed by atoms with Crippen molar-refractivity contribution in [2.75, 3.05) is 32.8 Å². The summed E-state index contributed by atoms with van der Waals surface area (Å²) in [6.07, 6.45) is 3.38. The van der Waals surface area contributed by atoms with Gasteiger partial charge in [-0.25, -0.2) is 0 Å². The average molecular weight is 200 g/mol. The van der Waals surface area contributed by atoms with Crippen molar-refractivity contribution in [1.82, 2.24) is 10.2 Å². The summed E-state index contributed by atoms with van der Waals surface area (Å²) in [5, 5.41) is 2.66. The number of carbonyl (C=O) groups excluding carboxylic acids is 1. The topological polar surface area (TPSA) is 41.6 Å². The highest BCUT2D eigenvalue weighted by molar-refractivity contribution is 5.45. The van der Waals surface area contributed by atoms with Crippen LogP contribution in [0.4, 0.5) is 0 Å². The highest BCUT2D eigenvalue weighted by Crippen LogP contribution is 2.05. The minimum atomic E-state index is 0.172. The molecule has 4 nitrogen and oxygen atoms in total. The average Bonchev–Trinajstić information content (AvgIpc) is 2.24. The second-order valence-electron chi connectivity index (χ2n) is 3.67. The molecular weight excluding hydrogens is 180 g/mol. The monoisotopic (exact) mass is 200 g/mol. The van der Waals surface area contributed by atoms with E-state index in [1.165, 1.54) is 12.8 Å². The van der Waals surface area contributed by atoms with Crippen molar-refractivity contribution >= 4 is 6.41 Å². The first-order valence-corrected chi connectivity index (χ1v) is 5.37. The van der Waals surface area contributed by atoms with E-state index in [4.69, 9.17) is 4.74 Å². The van der Waals surface area contributed by atoms with Gasteiger partial charge in [0.15, 0.2) is 0 Å². The van der Waals surface area contributed by atoms with Crippen LogP contribution < -0.4 is 5.32 Å². The van der Waals surface area contributed by atoms with E-state index in [0.29, 0.717) is 6.54 Å². The second kappa shape index (κ2) is 6.79. The summed E-state index contributed by atoms with van der Waals surface area (Å²) >= 11 is 0. The molecule has 1 amide bonds. The van der Waals surface area contributed by atoms with E-state index >= 15 is 0 Å². The Morgan fingerprint density at radius 2 is 2.50 bits per heavy atom. The number of morpholine rings is 1. The molecule has 0 aliphatic carbocycles. The van der Waals surface area contributed by atoms with Gasteiger partial charge in [-0.1, -0.05) is 13.3 Å². The Morgan fingerprint density at radius 1 is 1.64 bits per heavy atom. The van der Waals surface area contributed by atoms with Gasteiger partial charge in [0.2, 0.25) is 6.41 Å². The molecule has 1 heterocycles. The van der Waals surface area contributed by atoms with Crippen molar-refractivity contribution in [3.8, 4) is 0 Å². The molecule has 4 heteroatoms. The third kappa shape index (κ3) is 4.07.